The third-order valence-electron chi connectivity index (χ3n) is 3.21. The van der Waals surface area contributed by atoms with Gasteiger partial charge in [-0.25, -0.2) is 4.39 Å². The average Bonchev–Trinajstić information content (AvgIpc) is 2.41. The molecule has 19 heavy (non-hydrogen) atoms. The van der Waals surface area contributed by atoms with Crippen molar-refractivity contribution < 1.29 is 4.39 Å². The van der Waals surface area contributed by atoms with E-state index in [-0.39, 0.29) is 11.9 Å². The summed E-state index contributed by atoms with van der Waals surface area (Å²) in [5.41, 5.74) is 3.42. The summed E-state index contributed by atoms with van der Waals surface area (Å²) in [6.45, 7) is 4.82. The molecule has 1 nitrogen and oxygen atoms in total. The van der Waals surface area contributed by atoms with Gasteiger partial charge in [0.2, 0.25) is 0 Å². The predicted molar refractivity (Wildman–Crippen MR) is 80.5 cm³/mol. The molecular formula is C16H17BrFN. The summed E-state index contributed by atoms with van der Waals surface area (Å²) in [6.07, 6.45) is 0. The van der Waals surface area contributed by atoms with Gasteiger partial charge in [-0.05, 0) is 47.0 Å². The van der Waals surface area contributed by atoms with Gasteiger partial charge in [0.1, 0.15) is 5.82 Å². The van der Waals surface area contributed by atoms with Crippen molar-refractivity contribution in [3.8, 4) is 0 Å². The maximum atomic E-state index is 13.4. The van der Waals surface area contributed by atoms with E-state index in [9.17, 15) is 4.39 Å². The highest BCUT2D eigenvalue weighted by Gasteiger charge is 2.08. The van der Waals surface area contributed by atoms with E-state index in [1.165, 1.54) is 17.2 Å². The van der Waals surface area contributed by atoms with Crippen molar-refractivity contribution in [3.05, 3.63) is 69.4 Å². The SMILES string of the molecule is Cc1ccc([C@H](C)NCc2cccc(F)c2Br)cc1. The Morgan fingerprint density at radius 3 is 2.53 bits per heavy atom. The van der Waals surface area contributed by atoms with E-state index in [4.69, 9.17) is 0 Å². The standard InChI is InChI=1S/C16H17BrFN/c1-11-6-8-13(9-7-11)12(2)19-10-14-4-3-5-15(18)16(14)17/h3-9,12,19H,10H2,1-2H3/t12-/m0/s1. The highest BCUT2D eigenvalue weighted by Crippen LogP contribution is 2.21. The topological polar surface area (TPSA) is 12.0 Å². The van der Waals surface area contributed by atoms with Crippen LogP contribution in [0.25, 0.3) is 0 Å². The summed E-state index contributed by atoms with van der Waals surface area (Å²) in [6, 6.07) is 13.8. The number of hydrogen-bond donors (Lipinski definition) is 1. The van der Waals surface area contributed by atoms with E-state index in [1.54, 1.807) is 6.07 Å². The zero-order chi connectivity index (χ0) is 13.8. The van der Waals surface area contributed by atoms with Crippen molar-refractivity contribution in [2.24, 2.45) is 0 Å². The van der Waals surface area contributed by atoms with Gasteiger partial charge in [-0.3, -0.25) is 0 Å². The zero-order valence-electron chi connectivity index (χ0n) is 11.1. The van der Waals surface area contributed by atoms with Crippen LogP contribution in [0.2, 0.25) is 0 Å². The fourth-order valence-electron chi connectivity index (χ4n) is 1.92. The van der Waals surface area contributed by atoms with Crippen LogP contribution < -0.4 is 5.32 Å². The van der Waals surface area contributed by atoms with Gasteiger partial charge >= 0.3 is 0 Å². The molecule has 100 valence electrons. The van der Waals surface area contributed by atoms with Crippen LogP contribution in [0.1, 0.15) is 29.7 Å². The number of halogens is 2. The summed E-state index contributed by atoms with van der Waals surface area (Å²) < 4.78 is 13.9. The van der Waals surface area contributed by atoms with Crippen molar-refractivity contribution in [1.29, 1.82) is 0 Å². The summed E-state index contributed by atoms with van der Waals surface area (Å²) in [4.78, 5) is 0. The molecule has 0 aliphatic rings. The minimum atomic E-state index is -0.220. The smallest absolute Gasteiger partial charge is 0.137 e. The van der Waals surface area contributed by atoms with Gasteiger partial charge in [0.25, 0.3) is 0 Å². The Labute approximate surface area is 122 Å². The Balaban J connectivity index is 2.02. The van der Waals surface area contributed by atoms with E-state index in [0.717, 1.165) is 5.56 Å². The van der Waals surface area contributed by atoms with Crippen LogP contribution in [0.5, 0.6) is 0 Å². The van der Waals surface area contributed by atoms with Crippen LogP contribution in [0.4, 0.5) is 4.39 Å². The maximum Gasteiger partial charge on any atom is 0.137 e. The molecule has 0 unspecified atom stereocenters. The number of rotatable bonds is 4. The first-order chi connectivity index (χ1) is 9.08. The van der Waals surface area contributed by atoms with Crippen molar-refractivity contribution >= 4 is 15.9 Å². The van der Waals surface area contributed by atoms with Crippen molar-refractivity contribution in [3.63, 3.8) is 0 Å². The lowest BCUT2D eigenvalue weighted by molar-refractivity contribution is 0.566. The number of nitrogens with one attached hydrogen (secondary N) is 1. The van der Waals surface area contributed by atoms with Gasteiger partial charge in [-0.2, -0.15) is 0 Å². The van der Waals surface area contributed by atoms with Crippen LogP contribution >= 0.6 is 15.9 Å². The van der Waals surface area contributed by atoms with Crippen molar-refractivity contribution in [1.82, 2.24) is 5.32 Å². The fraction of sp³-hybridized carbons (Fsp3) is 0.250. The molecule has 0 spiro atoms. The maximum absolute atomic E-state index is 13.4. The number of aryl methyl sites for hydroxylation is 1. The molecular weight excluding hydrogens is 305 g/mol. The van der Waals surface area contributed by atoms with Crippen LogP contribution in [0.15, 0.2) is 46.9 Å². The van der Waals surface area contributed by atoms with Gasteiger partial charge in [0.05, 0.1) is 4.47 Å². The first-order valence-electron chi connectivity index (χ1n) is 6.31. The third kappa shape index (κ3) is 3.64. The van der Waals surface area contributed by atoms with Crippen LogP contribution in [-0.4, -0.2) is 0 Å². The summed E-state index contributed by atoms with van der Waals surface area (Å²) in [5, 5.41) is 3.41. The summed E-state index contributed by atoms with van der Waals surface area (Å²) in [5.74, 6) is -0.220. The summed E-state index contributed by atoms with van der Waals surface area (Å²) >= 11 is 3.28. The number of benzene rings is 2. The lowest BCUT2D eigenvalue weighted by Gasteiger charge is -2.15. The Morgan fingerprint density at radius 1 is 1.16 bits per heavy atom. The van der Waals surface area contributed by atoms with E-state index >= 15 is 0 Å². The van der Waals surface area contributed by atoms with E-state index in [1.807, 2.05) is 6.07 Å². The molecule has 3 heteroatoms. The molecule has 0 aromatic heterocycles. The van der Waals surface area contributed by atoms with Gasteiger partial charge in [-0.1, -0.05) is 42.0 Å². The molecule has 2 aromatic rings. The normalized spacial score (nSPS) is 12.4. The lowest BCUT2D eigenvalue weighted by Crippen LogP contribution is -2.18. The molecule has 2 aromatic carbocycles. The molecule has 1 atom stereocenters. The van der Waals surface area contributed by atoms with Gasteiger partial charge < -0.3 is 5.32 Å². The molecule has 0 fully saturated rings. The largest absolute Gasteiger partial charge is 0.306 e. The van der Waals surface area contributed by atoms with E-state index < -0.39 is 0 Å². The molecule has 0 saturated carbocycles. The monoisotopic (exact) mass is 321 g/mol. The van der Waals surface area contributed by atoms with E-state index in [2.05, 4.69) is 59.4 Å². The predicted octanol–water partition coefficient (Wildman–Crippen LogP) is 4.75. The molecule has 2 rings (SSSR count). The van der Waals surface area contributed by atoms with Gasteiger partial charge in [0, 0.05) is 12.6 Å². The Kier molecular flexibility index (Phi) is 4.72. The highest BCUT2D eigenvalue weighted by atomic mass is 79.9. The second-order valence-corrected chi connectivity index (χ2v) is 5.52. The fourth-order valence-corrected chi connectivity index (χ4v) is 2.33. The highest BCUT2D eigenvalue weighted by molar-refractivity contribution is 9.10. The zero-order valence-corrected chi connectivity index (χ0v) is 12.7. The Bertz CT molecular complexity index is 551. The first-order valence-corrected chi connectivity index (χ1v) is 7.10. The van der Waals surface area contributed by atoms with Crippen LogP contribution in [0, 0.1) is 12.7 Å². The molecule has 0 bridgehead atoms. The minimum absolute atomic E-state index is 0.220. The second kappa shape index (κ2) is 6.31. The summed E-state index contributed by atoms with van der Waals surface area (Å²) in [7, 11) is 0. The average molecular weight is 322 g/mol. The number of hydrogen-bond acceptors (Lipinski definition) is 1. The molecule has 0 saturated heterocycles. The molecule has 0 aliphatic heterocycles. The molecule has 1 N–H and O–H groups in total. The Hall–Kier alpha value is -1.19. The van der Waals surface area contributed by atoms with E-state index in [0.29, 0.717) is 11.0 Å². The quantitative estimate of drug-likeness (QED) is 0.857. The van der Waals surface area contributed by atoms with Crippen molar-refractivity contribution in [2.45, 2.75) is 26.4 Å². The minimum Gasteiger partial charge on any atom is -0.306 e. The molecule has 0 amide bonds. The molecule has 0 heterocycles. The second-order valence-electron chi connectivity index (χ2n) is 4.73. The first kappa shape index (κ1) is 14.2. The Morgan fingerprint density at radius 2 is 1.84 bits per heavy atom. The van der Waals surface area contributed by atoms with Crippen LogP contribution in [0.3, 0.4) is 0 Å². The third-order valence-corrected chi connectivity index (χ3v) is 4.10. The van der Waals surface area contributed by atoms with Gasteiger partial charge in [0.15, 0.2) is 0 Å². The molecule has 0 aliphatic carbocycles. The lowest BCUT2D eigenvalue weighted by atomic mass is 10.1. The van der Waals surface area contributed by atoms with Gasteiger partial charge in [-0.15, -0.1) is 0 Å². The van der Waals surface area contributed by atoms with Crippen molar-refractivity contribution in [2.75, 3.05) is 0 Å². The molecule has 0 radical (unpaired) electrons. The van der Waals surface area contributed by atoms with Crippen LogP contribution in [-0.2, 0) is 6.54 Å².